The summed E-state index contributed by atoms with van der Waals surface area (Å²) in [7, 11) is 0. The van der Waals surface area contributed by atoms with Crippen molar-refractivity contribution in [2.24, 2.45) is 0 Å². The average Bonchev–Trinajstić information content (AvgIpc) is 2.87. The van der Waals surface area contributed by atoms with Crippen LogP contribution in [0.4, 0.5) is 5.69 Å². The molecular formula is C11H13N3. The Balaban J connectivity index is 2.26. The number of rotatable bonds is 1. The van der Waals surface area contributed by atoms with E-state index in [1.807, 2.05) is 13.0 Å². The van der Waals surface area contributed by atoms with Crippen LogP contribution < -0.4 is 5.73 Å². The number of H-pyrrole nitrogens is 1. The number of nitrogens with one attached hydrogen (secondary N) is 1. The molecule has 3 rings (SSSR count). The van der Waals surface area contributed by atoms with Crippen LogP contribution in [-0.4, -0.2) is 9.97 Å². The highest BCUT2D eigenvalue weighted by molar-refractivity contribution is 5.87. The lowest BCUT2D eigenvalue weighted by molar-refractivity contribution is 0.986. The van der Waals surface area contributed by atoms with Crippen LogP contribution in [0.25, 0.3) is 11.0 Å². The second-order valence-corrected chi connectivity index (χ2v) is 4.15. The number of aryl methyl sites for hydroxylation is 1. The van der Waals surface area contributed by atoms with E-state index in [4.69, 9.17) is 5.73 Å². The predicted molar refractivity (Wildman–Crippen MR) is 57.2 cm³/mol. The van der Waals surface area contributed by atoms with E-state index in [1.54, 1.807) is 0 Å². The molecule has 1 fully saturated rings. The Morgan fingerprint density at radius 2 is 2.21 bits per heavy atom. The Kier molecular flexibility index (Phi) is 1.40. The third-order valence-electron chi connectivity index (χ3n) is 2.74. The summed E-state index contributed by atoms with van der Waals surface area (Å²) in [6, 6.07) is 4.07. The van der Waals surface area contributed by atoms with E-state index in [2.05, 4.69) is 16.0 Å². The molecule has 3 N–H and O–H groups in total. The van der Waals surface area contributed by atoms with Crippen molar-refractivity contribution in [1.82, 2.24) is 9.97 Å². The van der Waals surface area contributed by atoms with E-state index in [1.165, 1.54) is 18.4 Å². The monoisotopic (exact) mass is 187 g/mol. The first kappa shape index (κ1) is 7.85. The molecule has 1 saturated carbocycles. The molecule has 0 aliphatic heterocycles. The number of imidazole rings is 1. The zero-order chi connectivity index (χ0) is 9.71. The Hall–Kier alpha value is -1.51. The van der Waals surface area contributed by atoms with E-state index in [0.29, 0.717) is 5.92 Å². The summed E-state index contributed by atoms with van der Waals surface area (Å²) < 4.78 is 0. The number of aromatic nitrogens is 2. The van der Waals surface area contributed by atoms with Gasteiger partial charge in [-0.25, -0.2) is 4.98 Å². The van der Waals surface area contributed by atoms with Gasteiger partial charge in [-0.2, -0.15) is 0 Å². The highest BCUT2D eigenvalue weighted by Crippen LogP contribution is 2.39. The number of anilines is 1. The maximum atomic E-state index is 5.91. The van der Waals surface area contributed by atoms with Gasteiger partial charge in [0.25, 0.3) is 0 Å². The first-order valence-corrected chi connectivity index (χ1v) is 5.00. The fourth-order valence-corrected chi connectivity index (χ4v) is 1.86. The number of aromatic amines is 1. The number of nitrogen functional groups attached to an aromatic ring is 1. The number of hydrogen-bond acceptors (Lipinski definition) is 2. The topological polar surface area (TPSA) is 54.7 Å². The largest absolute Gasteiger partial charge is 0.397 e. The first-order valence-electron chi connectivity index (χ1n) is 5.00. The third kappa shape index (κ3) is 1.09. The minimum absolute atomic E-state index is 0.655. The van der Waals surface area contributed by atoms with Crippen molar-refractivity contribution in [3.8, 4) is 0 Å². The van der Waals surface area contributed by atoms with Crippen LogP contribution in [0.3, 0.4) is 0 Å². The van der Waals surface area contributed by atoms with Gasteiger partial charge >= 0.3 is 0 Å². The van der Waals surface area contributed by atoms with Crippen LogP contribution in [0.5, 0.6) is 0 Å². The highest BCUT2D eigenvalue weighted by atomic mass is 14.9. The van der Waals surface area contributed by atoms with Crippen LogP contribution in [0, 0.1) is 6.92 Å². The molecule has 0 unspecified atom stereocenters. The molecule has 1 aliphatic rings. The second-order valence-electron chi connectivity index (χ2n) is 4.15. The Labute approximate surface area is 82.3 Å². The van der Waals surface area contributed by atoms with Crippen molar-refractivity contribution >= 4 is 16.7 Å². The van der Waals surface area contributed by atoms with Gasteiger partial charge in [-0.3, -0.25) is 0 Å². The quantitative estimate of drug-likeness (QED) is 0.673. The van der Waals surface area contributed by atoms with E-state index in [-0.39, 0.29) is 0 Å². The highest BCUT2D eigenvalue weighted by Gasteiger charge is 2.26. The van der Waals surface area contributed by atoms with E-state index < -0.39 is 0 Å². The van der Waals surface area contributed by atoms with Crippen LogP contribution in [0.15, 0.2) is 12.1 Å². The zero-order valence-electron chi connectivity index (χ0n) is 8.17. The lowest BCUT2D eigenvalue weighted by Crippen LogP contribution is -1.87. The zero-order valence-corrected chi connectivity index (χ0v) is 8.17. The Morgan fingerprint density at radius 1 is 1.43 bits per heavy atom. The Bertz CT molecular complexity index is 494. The van der Waals surface area contributed by atoms with Gasteiger partial charge in [0.1, 0.15) is 11.3 Å². The molecular weight excluding hydrogens is 174 g/mol. The lowest BCUT2D eigenvalue weighted by Gasteiger charge is -1.96. The predicted octanol–water partition coefficient (Wildman–Crippen LogP) is 2.33. The Morgan fingerprint density at radius 3 is 2.93 bits per heavy atom. The number of fused-ring (bicyclic) bond motifs is 1. The molecule has 2 aromatic rings. The fraction of sp³-hybridized carbons (Fsp3) is 0.364. The molecule has 0 saturated heterocycles. The summed E-state index contributed by atoms with van der Waals surface area (Å²) in [5.41, 5.74) is 9.87. The van der Waals surface area contributed by atoms with E-state index in [9.17, 15) is 0 Å². The maximum absolute atomic E-state index is 5.91. The number of benzene rings is 1. The SMILES string of the molecule is Cc1cc(N)c2nc(C3CC3)[nH]c2c1. The maximum Gasteiger partial charge on any atom is 0.111 e. The fourth-order valence-electron chi connectivity index (χ4n) is 1.86. The molecule has 1 heterocycles. The molecule has 3 heteroatoms. The molecule has 3 nitrogen and oxygen atoms in total. The molecule has 1 aromatic carbocycles. The molecule has 1 aliphatic carbocycles. The summed E-state index contributed by atoms with van der Waals surface area (Å²) in [5.74, 6) is 1.76. The van der Waals surface area contributed by atoms with Crippen LogP contribution >= 0.6 is 0 Å². The molecule has 0 radical (unpaired) electrons. The smallest absolute Gasteiger partial charge is 0.111 e. The van der Waals surface area contributed by atoms with Gasteiger partial charge in [0, 0.05) is 5.92 Å². The lowest BCUT2D eigenvalue weighted by atomic mass is 10.2. The van der Waals surface area contributed by atoms with Gasteiger partial charge in [-0.1, -0.05) is 0 Å². The van der Waals surface area contributed by atoms with Gasteiger partial charge in [0.05, 0.1) is 11.2 Å². The van der Waals surface area contributed by atoms with Gasteiger partial charge in [-0.05, 0) is 37.5 Å². The van der Waals surface area contributed by atoms with Crippen molar-refractivity contribution in [3.63, 3.8) is 0 Å². The number of hydrogen-bond donors (Lipinski definition) is 2. The molecule has 1 aromatic heterocycles. The second kappa shape index (κ2) is 2.50. The van der Waals surface area contributed by atoms with Gasteiger partial charge in [0.15, 0.2) is 0 Å². The minimum atomic E-state index is 0.655. The summed E-state index contributed by atoms with van der Waals surface area (Å²) in [6.45, 7) is 2.05. The van der Waals surface area contributed by atoms with Crippen molar-refractivity contribution in [2.45, 2.75) is 25.7 Å². The van der Waals surface area contributed by atoms with Gasteiger partial charge in [0.2, 0.25) is 0 Å². The average molecular weight is 187 g/mol. The minimum Gasteiger partial charge on any atom is -0.397 e. The molecule has 0 spiro atoms. The van der Waals surface area contributed by atoms with Crippen molar-refractivity contribution < 1.29 is 0 Å². The molecule has 0 atom stereocenters. The van der Waals surface area contributed by atoms with Crippen molar-refractivity contribution in [1.29, 1.82) is 0 Å². The number of nitrogens with two attached hydrogens (primary N) is 1. The van der Waals surface area contributed by atoms with E-state index >= 15 is 0 Å². The molecule has 0 amide bonds. The van der Waals surface area contributed by atoms with Crippen molar-refractivity contribution in [2.75, 3.05) is 5.73 Å². The summed E-state index contributed by atoms with van der Waals surface area (Å²) >= 11 is 0. The van der Waals surface area contributed by atoms with Crippen molar-refractivity contribution in [3.05, 3.63) is 23.5 Å². The normalized spacial score (nSPS) is 16.4. The number of nitrogens with zero attached hydrogens (tertiary/aromatic N) is 1. The summed E-state index contributed by atoms with van der Waals surface area (Å²) in [6.07, 6.45) is 2.53. The first-order chi connectivity index (χ1) is 6.74. The van der Waals surface area contributed by atoms with Crippen LogP contribution in [0.1, 0.15) is 30.1 Å². The third-order valence-corrected chi connectivity index (χ3v) is 2.74. The molecule has 72 valence electrons. The molecule has 0 bridgehead atoms. The van der Waals surface area contributed by atoms with Crippen LogP contribution in [0.2, 0.25) is 0 Å². The summed E-state index contributed by atoms with van der Waals surface area (Å²) in [4.78, 5) is 7.88. The summed E-state index contributed by atoms with van der Waals surface area (Å²) in [5, 5.41) is 0. The van der Waals surface area contributed by atoms with E-state index in [0.717, 1.165) is 22.5 Å². The van der Waals surface area contributed by atoms with Gasteiger partial charge < -0.3 is 10.7 Å². The standard InChI is InChI=1S/C11H13N3/c1-6-4-8(12)10-9(5-6)13-11(14-10)7-2-3-7/h4-5,7H,2-3,12H2,1H3,(H,13,14). The molecule has 14 heavy (non-hydrogen) atoms. The van der Waals surface area contributed by atoms with Gasteiger partial charge in [-0.15, -0.1) is 0 Å². The van der Waals surface area contributed by atoms with Crippen LogP contribution in [-0.2, 0) is 0 Å².